The van der Waals surface area contributed by atoms with Gasteiger partial charge in [0.2, 0.25) is 5.91 Å². The molecule has 120 valence electrons. The fourth-order valence-electron chi connectivity index (χ4n) is 5.13. The molecule has 1 aromatic rings. The van der Waals surface area contributed by atoms with Crippen molar-refractivity contribution in [3.63, 3.8) is 0 Å². The van der Waals surface area contributed by atoms with Gasteiger partial charge in [0.15, 0.2) is 0 Å². The summed E-state index contributed by atoms with van der Waals surface area (Å²) >= 11 is 1.84. The van der Waals surface area contributed by atoms with Gasteiger partial charge in [0, 0.05) is 36.0 Å². The molecule has 1 spiro atoms. The summed E-state index contributed by atoms with van der Waals surface area (Å²) in [6, 6.07) is 4.98. The van der Waals surface area contributed by atoms with E-state index in [9.17, 15) is 4.79 Å². The molecule has 3 heterocycles. The molecule has 3 atom stereocenters. The number of carbonyl (C=O) groups excluding carboxylic acids is 1. The third-order valence-electron chi connectivity index (χ3n) is 6.17. The molecule has 4 rings (SSSR count). The number of hydrogen-bond acceptors (Lipinski definition) is 3. The van der Waals surface area contributed by atoms with Crippen molar-refractivity contribution in [1.29, 1.82) is 0 Å². The zero-order valence-corrected chi connectivity index (χ0v) is 14.0. The first-order valence-corrected chi connectivity index (χ1v) is 9.72. The molecule has 3 nitrogen and oxygen atoms in total. The molecule has 3 fully saturated rings. The second-order valence-electron chi connectivity index (χ2n) is 7.27. The molecule has 4 heteroatoms. The van der Waals surface area contributed by atoms with Crippen LogP contribution in [-0.4, -0.2) is 28.9 Å². The SMILES string of the molecule is O=C1CCC[C@H]2C[C@H](NCc3cccs3)CC[C@]23CCCN13. The van der Waals surface area contributed by atoms with Crippen LogP contribution in [0.4, 0.5) is 0 Å². The van der Waals surface area contributed by atoms with Gasteiger partial charge in [-0.15, -0.1) is 11.3 Å². The Labute approximate surface area is 137 Å². The van der Waals surface area contributed by atoms with Crippen molar-refractivity contribution < 1.29 is 4.79 Å². The predicted molar refractivity (Wildman–Crippen MR) is 89.8 cm³/mol. The molecule has 2 saturated heterocycles. The molecule has 1 N–H and O–H groups in total. The maximum Gasteiger partial charge on any atom is 0.223 e. The maximum absolute atomic E-state index is 12.4. The van der Waals surface area contributed by atoms with E-state index in [2.05, 4.69) is 27.7 Å². The van der Waals surface area contributed by atoms with E-state index in [4.69, 9.17) is 0 Å². The van der Waals surface area contributed by atoms with Gasteiger partial charge < -0.3 is 10.2 Å². The van der Waals surface area contributed by atoms with Gasteiger partial charge in [-0.1, -0.05) is 6.07 Å². The minimum atomic E-state index is 0.231. The number of nitrogens with one attached hydrogen (secondary N) is 1. The lowest BCUT2D eigenvalue weighted by Crippen LogP contribution is -2.55. The number of amides is 1. The zero-order valence-electron chi connectivity index (χ0n) is 13.2. The van der Waals surface area contributed by atoms with Crippen LogP contribution < -0.4 is 5.32 Å². The highest BCUT2D eigenvalue weighted by atomic mass is 32.1. The van der Waals surface area contributed by atoms with Crippen LogP contribution in [-0.2, 0) is 11.3 Å². The minimum absolute atomic E-state index is 0.231. The second-order valence-corrected chi connectivity index (χ2v) is 8.31. The Kier molecular flexibility index (Phi) is 3.99. The van der Waals surface area contributed by atoms with Gasteiger partial charge >= 0.3 is 0 Å². The molecule has 0 bridgehead atoms. The van der Waals surface area contributed by atoms with Gasteiger partial charge in [-0.25, -0.2) is 0 Å². The Morgan fingerprint density at radius 2 is 2.27 bits per heavy atom. The average Bonchev–Trinajstić information content (AvgIpc) is 3.16. The summed E-state index contributed by atoms with van der Waals surface area (Å²) in [7, 11) is 0. The Balaban J connectivity index is 1.45. The summed E-state index contributed by atoms with van der Waals surface area (Å²) < 4.78 is 0. The van der Waals surface area contributed by atoms with E-state index in [0.717, 1.165) is 31.8 Å². The Bertz CT molecular complexity index is 529. The summed E-state index contributed by atoms with van der Waals surface area (Å²) in [5.41, 5.74) is 0.231. The zero-order chi connectivity index (χ0) is 15.0. The van der Waals surface area contributed by atoms with Crippen LogP contribution in [0.15, 0.2) is 17.5 Å². The van der Waals surface area contributed by atoms with Crippen LogP contribution in [0.2, 0.25) is 0 Å². The van der Waals surface area contributed by atoms with Gasteiger partial charge in [0.25, 0.3) is 0 Å². The average molecular weight is 318 g/mol. The van der Waals surface area contributed by atoms with Crippen LogP contribution in [0.3, 0.4) is 0 Å². The van der Waals surface area contributed by atoms with Crippen LogP contribution in [0.5, 0.6) is 0 Å². The quantitative estimate of drug-likeness (QED) is 0.924. The Morgan fingerprint density at radius 1 is 1.32 bits per heavy atom. The fraction of sp³-hybridized carbons (Fsp3) is 0.722. The smallest absolute Gasteiger partial charge is 0.223 e. The van der Waals surface area contributed by atoms with Gasteiger partial charge in [0.1, 0.15) is 0 Å². The molecular weight excluding hydrogens is 292 g/mol. The molecule has 1 aromatic heterocycles. The lowest BCUT2D eigenvalue weighted by molar-refractivity contribution is -0.137. The maximum atomic E-state index is 12.4. The highest BCUT2D eigenvalue weighted by Gasteiger charge is 2.52. The molecule has 1 aliphatic carbocycles. The van der Waals surface area contributed by atoms with E-state index >= 15 is 0 Å². The Morgan fingerprint density at radius 3 is 3.14 bits per heavy atom. The lowest BCUT2D eigenvalue weighted by Gasteiger charge is -2.48. The van der Waals surface area contributed by atoms with Crippen molar-refractivity contribution in [2.24, 2.45) is 5.92 Å². The molecule has 1 saturated carbocycles. The van der Waals surface area contributed by atoms with Crippen LogP contribution >= 0.6 is 11.3 Å². The first-order chi connectivity index (χ1) is 10.8. The van der Waals surface area contributed by atoms with E-state index in [1.54, 1.807) is 0 Å². The molecule has 0 unspecified atom stereocenters. The summed E-state index contributed by atoms with van der Waals surface area (Å²) in [5.74, 6) is 1.15. The van der Waals surface area contributed by atoms with Crippen molar-refractivity contribution >= 4 is 17.2 Å². The number of carbonyl (C=O) groups is 1. The van der Waals surface area contributed by atoms with Crippen molar-refractivity contribution in [2.45, 2.75) is 69.5 Å². The summed E-state index contributed by atoms with van der Waals surface area (Å²) in [5, 5.41) is 5.93. The summed E-state index contributed by atoms with van der Waals surface area (Å²) in [4.78, 5) is 16.1. The normalized spacial score (nSPS) is 35.1. The molecular formula is C18H26N2OS. The standard InChI is InChI=1S/C18H26N2OS/c21-17-6-1-4-14-12-15(19-13-16-5-2-11-22-16)7-9-18(14)8-3-10-20(17)18/h2,5,11,14-15,19H,1,3-4,6-10,12-13H2/t14-,15+,18+/m0/s1. The summed E-state index contributed by atoms with van der Waals surface area (Å²) in [6.07, 6.45) is 9.30. The van der Waals surface area contributed by atoms with E-state index in [1.807, 2.05) is 11.3 Å². The van der Waals surface area contributed by atoms with E-state index < -0.39 is 0 Å². The highest BCUT2D eigenvalue weighted by Crippen LogP contribution is 2.49. The van der Waals surface area contributed by atoms with Crippen molar-refractivity contribution in [1.82, 2.24) is 10.2 Å². The van der Waals surface area contributed by atoms with Gasteiger partial charge in [-0.3, -0.25) is 4.79 Å². The highest BCUT2D eigenvalue weighted by molar-refractivity contribution is 7.09. The van der Waals surface area contributed by atoms with E-state index in [1.165, 1.54) is 43.4 Å². The van der Waals surface area contributed by atoms with Crippen molar-refractivity contribution in [3.05, 3.63) is 22.4 Å². The molecule has 3 aliphatic rings. The van der Waals surface area contributed by atoms with Crippen molar-refractivity contribution in [2.75, 3.05) is 6.54 Å². The fourth-order valence-corrected chi connectivity index (χ4v) is 5.79. The Hall–Kier alpha value is -0.870. The number of nitrogens with zero attached hydrogens (tertiary/aromatic N) is 1. The van der Waals surface area contributed by atoms with Crippen LogP contribution in [0.1, 0.15) is 56.2 Å². The molecule has 1 amide bonds. The van der Waals surface area contributed by atoms with Crippen molar-refractivity contribution in [3.8, 4) is 0 Å². The predicted octanol–water partition coefficient (Wildman–Crippen LogP) is 3.55. The van der Waals surface area contributed by atoms with E-state index in [-0.39, 0.29) is 5.54 Å². The third-order valence-corrected chi connectivity index (χ3v) is 7.05. The first-order valence-electron chi connectivity index (χ1n) is 8.84. The molecule has 0 aromatic carbocycles. The van der Waals surface area contributed by atoms with Gasteiger partial charge in [-0.2, -0.15) is 0 Å². The monoisotopic (exact) mass is 318 g/mol. The number of rotatable bonds is 3. The number of thiophene rings is 1. The van der Waals surface area contributed by atoms with E-state index in [0.29, 0.717) is 11.9 Å². The number of hydrogen-bond donors (Lipinski definition) is 1. The molecule has 2 aliphatic heterocycles. The summed E-state index contributed by atoms with van der Waals surface area (Å²) in [6.45, 7) is 2.02. The lowest BCUT2D eigenvalue weighted by atomic mass is 9.68. The molecule has 22 heavy (non-hydrogen) atoms. The topological polar surface area (TPSA) is 32.3 Å². The van der Waals surface area contributed by atoms with Gasteiger partial charge in [-0.05, 0) is 62.3 Å². The van der Waals surface area contributed by atoms with Gasteiger partial charge in [0.05, 0.1) is 0 Å². The largest absolute Gasteiger partial charge is 0.337 e. The molecule has 0 radical (unpaired) electrons. The van der Waals surface area contributed by atoms with Crippen LogP contribution in [0.25, 0.3) is 0 Å². The minimum Gasteiger partial charge on any atom is -0.337 e. The second kappa shape index (κ2) is 5.97. The third kappa shape index (κ3) is 2.50. The first kappa shape index (κ1) is 14.7. The van der Waals surface area contributed by atoms with Crippen LogP contribution in [0, 0.1) is 5.92 Å².